The van der Waals surface area contributed by atoms with Gasteiger partial charge in [0.2, 0.25) is 5.88 Å². The predicted octanol–water partition coefficient (Wildman–Crippen LogP) is 0.0529. The minimum Gasteiger partial charge on any atom is -0.469 e. The molecule has 1 aliphatic heterocycles. The molecule has 8 nitrogen and oxygen atoms in total. The van der Waals surface area contributed by atoms with Crippen molar-refractivity contribution in [3.05, 3.63) is 11.8 Å². The van der Waals surface area contributed by atoms with Gasteiger partial charge in [-0.05, 0) is 25.7 Å². The number of aromatic nitrogens is 2. The number of aliphatic hydroxyl groups is 3. The first-order valence-electron chi connectivity index (χ1n) is 7.48. The molecule has 1 aliphatic carbocycles. The Morgan fingerprint density at radius 1 is 1.05 bits per heavy atom. The highest BCUT2D eigenvalue weighted by Gasteiger charge is 2.32. The van der Waals surface area contributed by atoms with Crippen LogP contribution in [0.4, 0.5) is 0 Å². The lowest BCUT2D eigenvalue weighted by atomic mass is 9.98. The van der Waals surface area contributed by atoms with Gasteiger partial charge in [0.25, 0.3) is 0 Å². The van der Waals surface area contributed by atoms with Gasteiger partial charge in [-0.15, -0.1) is 0 Å². The minimum absolute atomic E-state index is 0.0571. The first-order chi connectivity index (χ1) is 10.5. The van der Waals surface area contributed by atoms with Crippen LogP contribution in [0, 0.1) is 0 Å². The van der Waals surface area contributed by atoms with Gasteiger partial charge in [-0.1, -0.05) is 6.42 Å². The van der Waals surface area contributed by atoms with E-state index in [0.717, 1.165) is 31.9 Å². The van der Waals surface area contributed by atoms with E-state index in [1.165, 1.54) is 6.42 Å². The van der Waals surface area contributed by atoms with Crippen molar-refractivity contribution in [2.45, 2.75) is 50.3 Å². The summed E-state index contributed by atoms with van der Waals surface area (Å²) in [6.07, 6.45) is 6.23. The van der Waals surface area contributed by atoms with Crippen molar-refractivity contribution in [1.29, 1.82) is 0 Å². The van der Waals surface area contributed by atoms with E-state index < -0.39 is 5.97 Å². The number of hydrogen-bond acceptors (Lipinski definition) is 8. The second-order valence-electron chi connectivity index (χ2n) is 5.66. The Morgan fingerprint density at radius 3 is 2.36 bits per heavy atom. The maximum absolute atomic E-state index is 9.36. The van der Waals surface area contributed by atoms with E-state index in [4.69, 9.17) is 14.2 Å². The van der Waals surface area contributed by atoms with Crippen molar-refractivity contribution in [3.63, 3.8) is 0 Å². The molecule has 2 heterocycles. The van der Waals surface area contributed by atoms with E-state index in [1.807, 2.05) is 0 Å². The van der Waals surface area contributed by atoms with Crippen molar-refractivity contribution in [2.75, 3.05) is 13.2 Å². The van der Waals surface area contributed by atoms with Crippen LogP contribution in [-0.2, 0) is 10.7 Å². The Morgan fingerprint density at radius 2 is 1.77 bits per heavy atom. The Balaban J connectivity index is 1.77. The Kier molecular flexibility index (Phi) is 4.44. The van der Waals surface area contributed by atoms with Gasteiger partial charge >= 0.3 is 12.0 Å². The molecule has 3 rings (SSSR count). The van der Waals surface area contributed by atoms with Gasteiger partial charge in [0.1, 0.15) is 17.8 Å². The molecule has 0 spiro atoms. The number of hydrogen-bond donors (Lipinski definition) is 3. The molecule has 0 amide bonds. The van der Waals surface area contributed by atoms with Crippen molar-refractivity contribution in [2.24, 2.45) is 0 Å². The van der Waals surface area contributed by atoms with Crippen molar-refractivity contribution < 1.29 is 29.5 Å². The Bertz CT molecular complexity index is 509. The summed E-state index contributed by atoms with van der Waals surface area (Å²) in [5.74, 6) is -3.18. The molecule has 0 unspecified atom stereocenters. The summed E-state index contributed by atoms with van der Waals surface area (Å²) in [6, 6.07) is 0.107. The van der Waals surface area contributed by atoms with E-state index in [9.17, 15) is 15.3 Å². The largest absolute Gasteiger partial charge is 0.469 e. The average Bonchev–Trinajstić information content (AvgIpc) is 2.43. The van der Waals surface area contributed by atoms with E-state index in [2.05, 4.69) is 9.97 Å². The topological polar surface area (TPSA) is 114 Å². The summed E-state index contributed by atoms with van der Waals surface area (Å²) in [5, 5.41) is 28.1. The first-order valence-corrected chi connectivity index (χ1v) is 7.48. The third-order valence-corrected chi connectivity index (χ3v) is 3.80. The van der Waals surface area contributed by atoms with E-state index >= 15 is 0 Å². The van der Waals surface area contributed by atoms with Crippen LogP contribution in [0.1, 0.15) is 37.7 Å². The normalized spacial score (nSPS) is 20.5. The number of nitrogens with zero attached hydrogens (tertiary/aromatic N) is 2. The van der Waals surface area contributed by atoms with E-state index in [-0.39, 0.29) is 29.7 Å². The second kappa shape index (κ2) is 6.33. The fourth-order valence-corrected chi connectivity index (χ4v) is 2.50. The summed E-state index contributed by atoms with van der Waals surface area (Å²) >= 11 is 0. The quantitative estimate of drug-likeness (QED) is 0.654. The van der Waals surface area contributed by atoms with Gasteiger partial charge < -0.3 is 29.5 Å². The van der Waals surface area contributed by atoms with Crippen LogP contribution < -0.4 is 9.47 Å². The highest BCUT2D eigenvalue weighted by atomic mass is 16.7. The SMILES string of the molecule is OC(O)(O)c1cnc(OC2CCCCC2)nc1OC1COC1. The van der Waals surface area contributed by atoms with Gasteiger partial charge in [0.15, 0.2) is 0 Å². The van der Waals surface area contributed by atoms with Gasteiger partial charge in [-0.2, -0.15) is 4.98 Å². The maximum atomic E-state index is 9.36. The molecule has 0 bridgehead atoms. The number of ether oxygens (including phenoxy) is 3. The molecule has 0 atom stereocenters. The Hall–Kier alpha value is -1.48. The highest BCUT2D eigenvalue weighted by molar-refractivity contribution is 5.28. The molecular weight excluding hydrogens is 292 g/mol. The molecule has 8 heteroatoms. The summed E-state index contributed by atoms with van der Waals surface area (Å²) in [4.78, 5) is 7.99. The molecule has 2 aliphatic rings. The summed E-state index contributed by atoms with van der Waals surface area (Å²) < 4.78 is 16.2. The van der Waals surface area contributed by atoms with Gasteiger partial charge in [-0.25, -0.2) is 4.98 Å². The molecule has 122 valence electrons. The summed E-state index contributed by atoms with van der Waals surface area (Å²) in [7, 11) is 0. The summed E-state index contributed by atoms with van der Waals surface area (Å²) in [6.45, 7) is 0.773. The molecule has 22 heavy (non-hydrogen) atoms. The standard InChI is InChI=1S/C14H20N2O6/c17-14(18,19)11-6-15-13(22-9-4-2-1-3-5-9)16-12(11)21-10-7-20-8-10/h6,9-10,17-19H,1-5,7-8H2. The summed E-state index contributed by atoms with van der Waals surface area (Å²) in [5.41, 5.74) is -0.324. The van der Waals surface area contributed by atoms with Crippen LogP contribution in [-0.4, -0.2) is 50.7 Å². The first kappa shape index (κ1) is 15.4. The molecule has 1 saturated carbocycles. The molecule has 0 aromatic carbocycles. The zero-order valence-electron chi connectivity index (χ0n) is 12.1. The third-order valence-electron chi connectivity index (χ3n) is 3.80. The minimum atomic E-state index is -3.07. The third kappa shape index (κ3) is 3.64. The van der Waals surface area contributed by atoms with Crippen LogP contribution in [0.5, 0.6) is 11.9 Å². The van der Waals surface area contributed by atoms with Crippen LogP contribution in [0.2, 0.25) is 0 Å². The van der Waals surface area contributed by atoms with E-state index in [0.29, 0.717) is 13.2 Å². The van der Waals surface area contributed by atoms with Crippen molar-refractivity contribution in [3.8, 4) is 11.9 Å². The van der Waals surface area contributed by atoms with Crippen LogP contribution in [0.25, 0.3) is 0 Å². The lowest BCUT2D eigenvalue weighted by molar-refractivity contribution is -0.325. The fraction of sp³-hybridized carbons (Fsp3) is 0.714. The van der Waals surface area contributed by atoms with Crippen molar-refractivity contribution in [1.82, 2.24) is 9.97 Å². The molecular formula is C14H20N2O6. The van der Waals surface area contributed by atoms with Crippen LogP contribution >= 0.6 is 0 Å². The lowest BCUT2D eigenvalue weighted by Crippen LogP contribution is -2.39. The van der Waals surface area contributed by atoms with Crippen molar-refractivity contribution >= 4 is 0 Å². The zero-order chi connectivity index (χ0) is 15.6. The van der Waals surface area contributed by atoms with Gasteiger partial charge in [0, 0.05) is 6.20 Å². The lowest BCUT2D eigenvalue weighted by Gasteiger charge is -2.28. The van der Waals surface area contributed by atoms with Gasteiger partial charge in [-0.3, -0.25) is 0 Å². The molecule has 1 saturated heterocycles. The molecule has 0 radical (unpaired) electrons. The van der Waals surface area contributed by atoms with Gasteiger partial charge in [0.05, 0.1) is 13.2 Å². The smallest absolute Gasteiger partial charge is 0.319 e. The maximum Gasteiger partial charge on any atom is 0.319 e. The second-order valence-corrected chi connectivity index (χ2v) is 5.66. The molecule has 1 aromatic heterocycles. The molecule has 3 N–H and O–H groups in total. The molecule has 1 aromatic rings. The van der Waals surface area contributed by atoms with E-state index in [1.54, 1.807) is 0 Å². The average molecular weight is 312 g/mol. The van der Waals surface area contributed by atoms with Crippen LogP contribution in [0.3, 0.4) is 0 Å². The number of rotatable bonds is 5. The predicted molar refractivity (Wildman–Crippen MR) is 73.1 cm³/mol. The molecule has 2 fully saturated rings. The highest BCUT2D eigenvalue weighted by Crippen LogP contribution is 2.29. The zero-order valence-corrected chi connectivity index (χ0v) is 12.1. The fourth-order valence-electron chi connectivity index (χ4n) is 2.50. The Labute approximate surface area is 127 Å². The monoisotopic (exact) mass is 312 g/mol. The van der Waals surface area contributed by atoms with Crippen LogP contribution in [0.15, 0.2) is 6.20 Å².